The highest BCUT2D eigenvalue weighted by atomic mass is 16.3. The molecule has 3 rings (SSSR count). The summed E-state index contributed by atoms with van der Waals surface area (Å²) in [4.78, 5) is 13.9. The summed E-state index contributed by atoms with van der Waals surface area (Å²) in [6, 6.07) is 0. The van der Waals surface area contributed by atoms with Gasteiger partial charge in [-0.3, -0.25) is 4.79 Å². The minimum absolute atomic E-state index is 0.285. The summed E-state index contributed by atoms with van der Waals surface area (Å²) in [7, 11) is 1.85. The zero-order valence-electron chi connectivity index (χ0n) is 9.93. The van der Waals surface area contributed by atoms with Crippen LogP contribution in [0.25, 0.3) is 0 Å². The Morgan fingerprint density at radius 3 is 2.50 bits per heavy atom. The van der Waals surface area contributed by atoms with Crippen molar-refractivity contribution < 1.29 is 9.90 Å². The average Bonchev–Trinajstić information content (AvgIpc) is 3.17. The molecule has 0 heterocycles. The van der Waals surface area contributed by atoms with Gasteiger partial charge in [0.2, 0.25) is 5.91 Å². The smallest absolute Gasteiger partial charge is 0.226 e. The van der Waals surface area contributed by atoms with E-state index in [4.69, 9.17) is 0 Å². The molecule has 90 valence electrons. The van der Waals surface area contributed by atoms with Crippen LogP contribution in [0.1, 0.15) is 32.1 Å². The molecule has 0 aromatic rings. The third kappa shape index (κ3) is 1.75. The lowest BCUT2D eigenvalue weighted by Crippen LogP contribution is -2.36. The first kappa shape index (κ1) is 10.6. The van der Waals surface area contributed by atoms with Gasteiger partial charge in [-0.25, -0.2) is 0 Å². The highest BCUT2D eigenvalue weighted by Crippen LogP contribution is 2.58. The third-order valence-corrected chi connectivity index (χ3v) is 4.69. The lowest BCUT2D eigenvalue weighted by Gasteiger charge is -2.21. The minimum atomic E-state index is -0.285. The van der Waals surface area contributed by atoms with E-state index < -0.39 is 0 Å². The second-order valence-corrected chi connectivity index (χ2v) is 5.91. The van der Waals surface area contributed by atoms with Crippen LogP contribution in [0.3, 0.4) is 0 Å². The topological polar surface area (TPSA) is 40.5 Å². The van der Waals surface area contributed by atoms with Gasteiger partial charge in [-0.1, -0.05) is 6.42 Å². The van der Waals surface area contributed by atoms with Gasteiger partial charge in [-0.05, 0) is 43.4 Å². The number of nitrogens with zero attached hydrogens (tertiary/aromatic N) is 1. The van der Waals surface area contributed by atoms with Crippen molar-refractivity contribution in [2.75, 3.05) is 13.6 Å². The molecule has 0 aromatic carbocycles. The zero-order valence-corrected chi connectivity index (χ0v) is 9.93. The molecule has 0 aliphatic heterocycles. The van der Waals surface area contributed by atoms with Gasteiger partial charge in [0, 0.05) is 19.5 Å². The molecule has 3 saturated carbocycles. The van der Waals surface area contributed by atoms with Gasteiger partial charge in [0.05, 0.1) is 6.10 Å². The van der Waals surface area contributed by atoms with Crippen molar-refractivity contribution in [2.24, 2.45) is 23.7 Å². The van der Waals surface area contributed by atoms with Crippen LogP contribution in [0.5, 0.6) is 0 Å². The first-order valence-corrected chi connectivity index (χ1v) is 6.61. The molecule has 3 atom stereocenters. The molecule has 1 amide bonds. The lowest BCUT2D eigenvalue weighted by molar-refractivity contribution is -0.133. The van der Waals surface area contributed by atoms with Crippen molar-refractivity contribution >= 4 is 5.91 Å². The summed E-state index contributed by atoms with van der Waals surface area (Å²) in [5.41, 5.74) is 0. The monoisotopic (exact) mass is 223 g/mol. The fraction of sp³-hybridized carbons (Fsp3) is 0.923. The summed E-state index contributed by atoms with van der Waals surface area (Å²) < 4.78 is 0. The van der Waals surface area contributed by atoms with E-state index in [2.05, 4.69) is 0 Å². The van der Waals surface area contributed by atoms with Gasteiger partial charge in [-0.15, -0.1) is 0 Å². The summed E-state index contributed by atoms with van der Waals surface area (Å²) >= 11 is 0. The van der Waals surface area contributed by atoms with Crippen LogP contribution < -0.4 is 0 Å². The SMILES string of the molecule is CN(CC(O)C1CC1)C(=O)C1C2CCCC21. The van der Waals surface area contributed by atoms with Crippen LogP contribution in [0.15, 0.2) is 0 Å². The standard InChI is InChI=1S/C13H21NO2/c1-14(7-11(15)8-5-6-8)13(16)12-9-3-2-4-10(9)12/h8-12,15H,2-7H2,1H3. The van der Waals surface area contributed by atoms with Crippen LogP contribution in [0, 0.1) is 23.7 Å². The second kappa shape index (κ2) is 3.73. The molecular weight excluding hydrogens is 202 g/mol. The predicted octanol–water partition coefficient (Wildman–Crippen LogP) is 1.26. The fourth-order valence-corrected chi connectivity index (χ4v) is 3.44. The summed E-state index contributed by atoms with van der Waals surface area (Å²) in [5.74, 6) is 2.44. The Balaban J connectivity index is 1.50. The average molecular weight is 223 g/mol. The maximum Gasteiger partial charge on any atom is 0.226 e. The van der Waals surface area contributed by atoms with Crippen molar-refractivity contribution in [3.05, 3.63) is 0 Å². The number of carbonyl (C=O) groups excluding carboxylic acids is 1. The number of rotatable bonds is 4. The number of amides is 1. The molecule has 3 fully saturated rings. The molecule has 3 aliphatic rings. The Bertz CT molecular complexity index is 290. The van der Waals surface area contributed by atoms with Gasteiger partial charge >= 0.3 is 0 Å². The van der Waals surface area contributed by atoms with Gasteiger partial charge in [0.1, 0.15) is 0 Å². The number of likely N-dealkylation sites (N-methyl/N-ethyl adjacent to an activating group) is 1. The maximum atomic E-state index is 12.1. The van der Waals surface area contributed by atoms with Gasteiger partial charge < -0.3 is 10.0 Å². The van der Waals surface area contributed by atoms with E-state index in [1.165, 1.54) is 19.3 Å². The fourth-order valence-electron chi connectivity index (χ4n) is 3.44. The Labute approximate surface area is 96.8 Å². The van der Waals surface area contributed by atoms with E-state index in [1.807, 2.05) is 7.05 Å². The normalized spacial score (nSPS) is 38.0. The van der Waals surface area contributed by atoms with E-state index in [-0.39, 0.29) is 12.0 Å². The quantitative estimate of drug-likeness (QED) is 0.779. The number of hydrogen-bond donors (Lipinski definition) is 1. The second-order valence-electron chi connectivity index (χ2n) is 5.91. The third-order valence-electron chi connectivity index (χ3n) is 4.69. The molecule has 0 radical (unpaired) electrons. The molecule has 0 spiro atoms. The van der Waals surface area contributed by atoms with Gasteiger partial charge in [-0.2, -0.15) is 0 Å². The zero-order chi connectivity index (χ0) is 11.3. The number of carbonyl (C=O) groups is 1. The van der Waals surface area contributed by atoms with Gasteiger partial charge in [0.15, 0.2) is 0 Å². The number of aliphatic hydroxyl groups is 1. The van der Waals surface area contributed by atoms with Crippen LogP contribution >= 0.6 is 0 Å². The lowest BCUT2D eigenvalue weighted by atomic mass is 10.1. The van der Waals surface area contributed by atoms with Crippen LogP contribution in [-0.4, -0.2) is 35.6 Å². The molecule has 1 N–H and O–H groups in total. The van der Waals surface area contributed by atoms with E-state index in [1.54, 1.807) is 4.90 Å². The van der Waals surface area contributed by atoms with Crippen LogP contribution in [0.4, 0.5) is 0 Å². The van der Waals surface area contributed by atoms with Crippen molar-refractivity contribution in [2.45, 2.75) is 38.2 Å². The van der Waals surface area contributed by atoms with Gasteiger partial charge in [0.25, 0.3) is 0 Å². The summed E-state index contributed by atoms with van der Waals surface area (Å²) in [6.45, 7) is 0.541. The van der Waals surface area contributed by atoms with Crippen molar-refractivity contribution in [3.63, 3.8) is 0 Å². The summed E-state index contributed by atoms with van der Waals surface area (Å²) in [6.07, 6.45) is 5.80. The molecule has 3 nitrogen and oxygen atoms in total. The molecule has 3 unspecified atom stereocenters. The van der Waals surface area contributed by atoms with E-state index >= 15 is 0 Å². The Morgan fingerprint density at radius 2 is 1.94 bits per heavy atom. The van der Waals surface area contributed by atoms with Crippen molar-refractivity contribution in [3.8, 4) is 0 Å². The highest BCUT2D eigenvalue weighted by molar-refractivity contribution is 5.82. The Morgan fingerprint density at radius 1 is 1.31 bits per heavy atom. The Hall–Kier alpha value is -0.570. The Kier molecular flexibility index (Phi) is 2.46. The van der Waals surface area contributed by atoms with E-state index in [0.717, 1.165) is 12.8 Å². The number of hydrogen-bond acceptors (Lipinski definition) is 2. The summed E-state index contributed by atoms with van der Waals surface area (Å²) in [5, 5.41) is 9.82. The first-order chi connectivity index (χ1) is 7.68. The number of fused-ring (bicyclic) bond motifs is 1. The van der Waals surface area contributed by atoms with E-state index in [0.29, 0.717) is 30.2 Å². The van der Waals surface area contributed by atoms with Crippen LogP contribution in [-0.2, 0) is 4.79 Å². The maximum absolute atomic E-state index is 12.1. The van der Waals surface area contributed by atoms with Crippen molar-refractivity contribution in [1.82, 2.24) is 4.90 Å². The predicted molar refractivity (Wildman–Crippen MR) is 60.7 cm³/mol. The number of aliphatic hydroxyl groups excluding tert-OH is 1. The molecule has 16 heavy (non-hydrogen) atoms. The molecule has 0 aromatic heterocycles. The molecule has 3 heteroatoms. The first-order valence-electron chi connectivity index (χ1n) is 6.61. The molecule has 3 aliphatic carbocycles. The largest absolute Gasteiger partial charge is 0.391 e. The highest BCUT2D eigenvalue weighted by Gasteiger charge is 2.57. The van der Waals surface area contributed by atoms with Crippen LogP contribution in [0.2, 0.25) is 0 Å². The minimum Gasteiger partial charge on any atom is -0.391 e. The van der Waals surface area contributed by atoms with E-state index in [9.17, 15) is 9.90 Å². The molecule has 0 saturated heterocycles. The van der Waals surface area contributed by atoms with Crippen molar-refractivity contribution in [1.29, 1.82) is 0 Å². The molecule has 0 bridgehead atoms. The molecular formula is C13H21NO2.